The molecule has 0 saturated carbocycles. The predicted molar refractivity (Wildman–Crippen MR) is 66.5 cm³/mol. The first-order chi connectivity index (χ1) is 9.22. The first-order valence-corrected chi connectivity index (χ1v) is 5.54. The predicted octanol–water partition coefficient (Wildman–Crippen LogP) is 2.22. The molecule has 19 heavy (non-hydrogen) atoms. The zero-order chi connectivity index (χ0) is 13.2. The molecule has 0 atom stereocenters. The molecule has 0 aliphatic carbocycles. The largest absolute Gasteiger partial charge is 0.478 e. The van der Waals surface area contributed by atoms with E-state index in [0.29, 0.717) is 17.3 Å². The van der Waals surface area contributed by atoms with E-state index in [2.05, 4.69) is 10.1 Å². The first-order valence-electron chi connectivity index (χ1n) is 5.54. The summed E-state index contributed by atoms with van der Waals surface area (Å²) < 4.78 is 7.17. The van der Waals surface area contributed by atoms with Gasteiger partial charge in [0, 0.05) is 18.3 Å². The molecule has 1 N–H and O–H groups in total. The second-order valence-corrected chi connectivity index (χ2v) is 3.83. The molecule has 0 aliphatic heterocycles. The Kier molecular flexibility index (Phi) is 2.60. The van der Waals surface area contributed by atoms with Crippen LogP contribution in [0.1, 0.15) is 10.4 Å². The van der Waals surface area contributed by atoms with Gasteiger partial charge in [0.1, 0.15) is 5.75 Å². The summed E-state index contributed by atoms with van der Waals surface area (Å²) in [5.74, 6) is -0.0113. The Bertz CT molecular complexity index is 734. The van der Waals surface area contributed by atoms with E-state index < -0.39 is 5.97 Å². The number of nitrogens with zero attached hydrogens (tertiary/aromatic N) is 3. The number of carboxylic acid groups (broad SMARTS) is 1. The van der Waals surface area contributed by atoms with E-state index >= 15 is 0 Å². The minimum Gasteiger partial charge on any atom is -0.478 e. The lowest BCUT2D eigenvalue weighted by molar-refractivity contribution is 0.0697. The number of carboxylic acids is 1. The minimum atomic E-state index is -0.967. The van der Waals surface area contributed by atoms with Gasteiger partial charge in [-0.05, 0) is 24.3 Å². The van der Waals surface area contributed by atoms with Crippen molar-refractivity contribution in [3.05, 3.63) is 54.4 Å². The summed E-state index contributed by atoms with van der Waals surface area (Å²) in [7, 11) is 0. The van der Waals surface area contributed by atoms with Crippen LogP contribution in [0.2, 0.25) is 0 Å². The van der Waals surface area contributed by atoms with Crippen LogP contribution in [0.15, 0.2) is 48.8 Å². The van der Waals surface area contributed by atoms with Crippen LogP contribution in [0.5, 0.6) is 11.6 Å². The molecule has 3 rings (SSSR count). The van der Waals surface area contributed by atoms with Crippen LogP contribution in [0, 0.1) is 0 Å². The number of hydrogen-bond acceptors (Lipinski definition) is 4. The van der Waals surface area contributed by atoms with Gasteiger partial charge in [0.25, 0.3) is 0 Å². The maximum absolute atomic E-state index is 10.7. The van der Waals surface area contributed by atoms with Crippen molar-refractivity contribution in [2.24, 2.45) is 0 Å². The Morgan fingerprint density at radius 3 is 2.68 bits per heavy atom. The fourth-order valence-corrected chi connectivity index (χ4v) is 1.64. The van der Waals surface area contributed by atoms with E-state index in [1.807, 2.05) is 0 Å². The van der Waals surface area contributed by atoms with Crippen LogP contribution in [-0.4, -0.2) is 25.7 Å². The zero-order valence-corrected chi connectivity index (χ0v) is 9.72. The number of ether oxygens (including phenoxy) is 1. The van der Waals surface area contributed by atoms with Gasteiger partial charge in [-0.1, -0.05) is 0 Å². The number of aromatic nitrogens is 3. The second-order valence-electron chi connectivity index (χ2n) is 3.83. The molecule has 0 unspecified atom stereocenters. The highest BCUT2D eigenvalue weighted by atomic mass is 16.5. The Labute approximate surface area is 107 Å². The molecule has 2 heterocycles. The fraction of sp³-hybridized carbons (Fsp3) is 0. The third-order valence-corrected chi connectivity index (χ3v) is 2.56. The molecule has 94 valence electrons. The van der Waals surface area contributed by atoms with Crippen molar-refractivity contribution in [3.63, 3.8) is 0 Å². The molecule has 3 aromatic rings. The molecule has 1 aromatic carbocycles. The highest BCUT2D eigenvalue weighted by molar-refractivity contribution is 5.87. The number of hydrogen-bond donors (Lipinski definition) is 1. The van der Waals surface area contributed by atoms with Crippen LogP contribution in [0.4, 0.5) is 0 Å². The molecule has 0 bridgehead atoms. The lowest BCUT2D eigenvalue weighted by Gasteiger charge is -2.05. The average molecular weight is 255 g/mol. The van der Waals surface area contributed by atoms with Crippen LogP contribution in [-0.2, 0) is 0 Å². The molecular weight excluding hydrogens is 246 g/mol. The van der Waals surface area contributed by atoms with Gasteiger partial charge in [-0.25, -0.2) is 9.31 Å². The summed E-state index contributed by atoms with van der Waals surface area (Å²) in [6.07, 6.45) is 3.39. The molecule has 0 radical (unpaired) electrons. The van der Waals surface area contributed by atoms with Gasteiger partial charge in [0.05, 0.1) is 11.8 Å². The van der Waals surface area contributed by atoms with E-state index in [1.165, 1.54) is 12.1 Å². The third kappa shape index (κ3) is 2.23. The summed E-state index contributed by atoms with van der Waals surface area (Å²) in [6, 6.07) is 9.59. The number of benzene rings is 1. The summed E-state index contributed by atoms with van der Waals surface area (Å²) in [5.41, 5.74) is 0.895. The van der Waals surface area contributed by atoms with E-state index in [1.54, 1.807) is 41.2 Å². The topological polar surface area (TPSA) is 76.7 Å². The summed E-state index contributed by atoms with van der Waals surface area (Å²) in [6.45, 7) is 0. The summed E-state index contributed by atoms with van der Waals surface area (Å²) in [5, 5.41) is 12.8. The Morgan fingerprint density at radius 1 is 1.16 bits per heavy atom. The Balaban J connectivity index is 1.85. The number of carbonyl (C=O) groups is 1. The van der Waals surface area contributed by atoms with Gasteiger partial charge in [0.2, 0.25) is 5.88 Å². The van der Waals surface area contributed by atoms with Crippen molar-refractivity contribution in [1.82, 2.24) is 14.6 Å². The molecule has 0 spiro atoms. The van der Waals surface area contributed by atoms with Crippen LogP contribution in [0.3, 0.4) is 0 Å². The van der Waals surface area contributed by atoms with Crippen LogP contribution in [0.25, 0.3) is 5.65 Å². The monoisotopic (exact) mass is 255 g/mol. The Hall–Kier alpha value is -2.89. The third-order valence-electron chi connectivity index (χ3n) is 2.56. The fourth-order valence-electron chi connectivity index (χ4n) is 1.64. The number of rotatable bonds is 3. The summed E-state index contributed by atoms with van der Waals surface area (Å²) in [4.78, 5) is 15.0. The van der Waals surface area contributed by atoms with Gasteiger partial charge in [-0.2, -0.15) is 10.1 Å². The van der Waals surface area contributed by atoms with Crippen molar-refractivity contribution < 1.29 is 14.6 Å². The number of aromatic carboxylic acids is 1. The van der Waals surface area contributed by atoms with Gasteiger partial charge in [-0.15, -0.1) is 0 Å². The molecule has 2 aromatic heterocycles. The minimum absolute atomic E-state index is 0.214. The molecule has 6 heteroatoms. The smallest absolute Gasteiger partial charge is 0.335 e. The lowest BCUT2D eigenvalue weighted by atomic mass is 10.2. The quantitative estimate of drug-likeness (QED) is 0.776. The molecule has 0 saturated heterocycles. The molecular formula is C13H9N3O3. The maximum atomic E-state index is 10.7. The van der Waals surface area contributed by atoms with E-state index in [4.69, 9.17) is 9.84 Å². The van der Waals surface area contributed by atoms with Crippen molar-refractivity contribution in [1.29, 1.82) is 0 Å². The standard InChI is InChI=1S/C13H9N3O3/c17-13(18)9-1-3-10(4-2-9)19-12-6-8-16-11(15-12)5-7-14-16/h1-8H,(H,17,18). The van der Waals surface area contributed by atoms with Crippen molar-refractivity contribution >= 4 is 11.6 Å². The van der Waals surface area contributed by atoms with E-state index in [-0.39, 0.29) is 5.56 Å². The van der Waals surface area contributed by atoms with Crippen molar-refractivity contribution in [2.75, 3.05) is 0 Å². The van der Waals surface area contributed by atoms with Crippen LogP contribution >= 0.6 is 0 Å². The van der Waals surface area contributed by atoms with Crippen LogP contribution < -0.4 is 4.74 Å². The lowest BCUT2D eigenvalue weighted by Crippen LogP contribution is -1.96. The SMILES string of the molecule is O=C(O)c1ccc(Oc2ccn3nccc3n2)cc1. The van der Waals surface area contributed by atoms with Crippen molar-refractivity contribution in [2.45, 2.75) is 0 Å². The normalized spacial score (nSPS) is 10.5. The van der Waals surface area contributed by atoms with Crippen molar-refractivity contribution in [3.8, 4) is 11.6 Å². The average Bonchev–Trinajstić information content (AvgIpc) is 2.87. The second kappa shape index (κ2) is 4.41. The first kappa shape index (κ1) is 11.2. The van der Waals surface area contributed by atoms with E-state index in [9.17, 15) is 4.79 Å². The Morgan fingerprint density at radius 2 is 1.95 bits per heavy atom. The highest BCUT2D eigenvalue weighted by Crippen LogP contribution is 2.20. The van der Waals surface area contributed by atoms with Gasteiger partial charge in [-0.3, -0.25) is 0 Å². The molecule has 0 amide bonds. The van der Waals surface area contributed by atoms with Gasteiger partial charge in [0.15, 0.2) is 5.65 Å². The number of fused-ring (bicyclic) bond motifs is 1. The molecule has 0 fully saturated rings. The maximum Gasteiger partial charge on any atom is 0.335 e. The van der Waals surface area contributed by atoms with Gasteiger partial charge >= 0.3 is 5.97 Å². The molecule has 0 aliphatic rings. The highest BCUT2D eigenvalue weighted by Gasteiger charge is 2.04. The van der Waals surface area contributed by atoms with Gasteiger partial charge < -0.3 is 9.84 Å². The molecule has 6 nitrogen and oxygen atoms in total. The summed E-state index contributed by atoms with van der Waals surface area (Å²) >= 11 is 0. The van der Waals surface area contributed by atoms with E-state index in [0.717, 1.165) is 0 Å². The zero-order valence-electron chi connectivity index (χ0n) is 9.72.